The fourth-order valence-corrected chi connectivity index (χ4v) is 6.05. The van der Waals surface area contributed by atoms with Crippen LogP contribution in [-0.2, 0) is 14.6 Å². The summed E-state index contributed by atoms with van der Waals surface area (Å²) < 4.78 is 28.1. The van der Waals surface area contributed by atoms with E-state index >= 15 is 0 Å². The number of nitrogens with one attached hydrogen (secondary N) is 1. The van der Waals surface area contributed by atoms with E-state index in [-0.39, 0.29) is 21.5 Å². The number of rotatable bonds is 4. The Kier molecular flexibility index (Phi) is 5.16. The van der Waals surface area contributed by atoms with Crippen LogP contribution in [-0.4, -0.2) is 52.4 Å². The van der Waals surface area contributed by atoms with E-state index in [9.17, 15) is 23.1 Å². The van der Waals surface area contributed by atoms with E-state index in [1.165, 1.54) is 10.6 Å². The summed E-state index contributed by atoms with van der Waals surface area (Å²) in [7, 11) is -4.03. The maximum Gasteiger partial charge on any atom is 0.306 e. The van der Waals surface area contributed by atoms with Crippen LogP contribution < -0.4 is 10.5 Å². The number of aromatic amines is 1. The van der Waals surface area contributed by atoms with Gasteiger partial charge in [0.1, 0.15) is 0 Å². The first-order chi connectivity index (χ1) is 16.2. The third-order valence-electron chi connectivity index (χ3n) is 6.41. The molecule has 1 fully saturated rings. The number of carbonyl (C=O) groups is 1. The molecule has 11 heteroatoms. The van der Waals surface area contributed by atoms with Gasteiger partial charge in [0.15, 0.2) is 5.65 Å². The quantitative estimate of drug-likeness (QED) is 0.453. The van der Waals surface area contributed by atoms with Crippen molar-refractivity contribution >= 4 is 38.0 Å². The van der Waals surface area contributed by atoms with Crippen LogP contribution in [0.3, 0.4) is 0 Å². The maximum absolute atomic E-state index is 13.4. The second-order valence-corrected chi connectivity index (χ2v) is 10.5. The highest BCUT2D eigenvalue weighted by molar-refractivity contribution is 7.91. The monoisotopic (exact) mass is 481 g/mol. The first-order valence-electron chi connectivity index (χ1n) is 10.9. The summed E-state index contributed by atoms with van der Waals surface area (Å²) in [5, 5.41) is 17.3. The van der Waals surface area contributed by atoms with Gasteiger partial charge in [0, 0.05) is 18.8 Å². The van der Waals surface area contributed by atoms with Crippen molar-refractivity contribution in [2.24, 2.45) is 5.92 Å². The molecule has 0 aliphatic carbocycles. The number of hydrogen-bond donors (Lipinski definition) is 2. The summed E-state index contributed by atoms with van der Waals surface area (Å²) in [4.78, 5) is 28.9. The molecule has 0 radical (unpaired) electrons. The molecule has 2 aromatic heterocycles. The molecule has 1 saturated heterocycles. The predicted octanol–water partition coefficient (Wildman–Crippen LogP) is 2.32. The molecular formula is C23H23N5O5S. The van der Waals surface area contributed by atoms with E-state index < -0.39 is 21.4 Å². The van der Waals surface area contributed by atoms with Crippen molar-refractivity contribution in [2.45, 2.75) is 36.6 Å². The molecule has 176 valence electrons. The molecule has 1 aliphatic rings. The predicted molar refractivity (Wildman–Crippen MR) is 125 cm³/mol. The fourth-order valence-electron chi connectivity index (χ4n) is 4.57. The van der Waals surface area contributed by atoms with E-state index in [2.05, 4.69) is 20.2 Å². The number of H-pyrrole nitrogens is 1. The van der Waals surface area contributed by atoms with Crippen LogP contribution in [0, 0.1) is 19.8 Å². The zero-order chi connectivity index (χ0) is 24.2. The number of aromatic nitrogens is 4. The summed E-state index contributed by atoms with van der Waals surface area (Å²) in [6, 6.07) is 10.2. The van der Waals surface area contributed by atoms with Gasteiger partial charge in [-0.15, -0.1) is 5.10 Å². The minimum atomic E-state index is -4.03. The van der Waals surface area contributed by atoms with Crippen LogP contribution in [0.25, 0.3) is 16.6 Å². The topological polar surface area (TPSA) is 138 Å². The van der Waals surface area contributed by atoms with Gasteiger partial charge in [-0.25, -0.2) is 8.42 Å². The molecule has 1 aliphatic heterocycles. The Bertz CT molecular complexity index is 1610. The van der Waals surface area contributed by atoms with Gasteiger partial charge in [0.25, 0.3) is 5.56 Å². The number of aryl methyl sites for hydroxylation is 2. The molecule has 0 unspecified atom stereocenters. The lowest BCUT2D eigenvalue weighted by molar-refractivity contribution is -0.142. The number of benzene rings is 2. The van der Waals surface area contributed by atoms with Gasteiger partial charge < -0.3 is 15.0 Å². The molecule has 0 atom stereocenters. The number of carboxylic acids is 1. The summed E-state index contributed by atoms with van der Waals surface area (Å²) in [6.07, 6.45) is 1.06. The van der Waals surface area contributed by atoms with Crippen molar-refractivity contribution < 1.29 is 18.3 Å². The van der Waals surface area contributed by atoms with Crippen LogP contribution in [0.5, 0.6) is 0 Å². The lowest BCUT2D eigenvalue weighted by Crippen LogP contribution is -2.36. The summed E-state index contributed by atoms with van der Waals surface area (Å²) in [5.74, 6) is -1.15. The number of fused-ring (bicyclic) bond motifs is 3. The number of aliphatic carboxylic acids is 1. The minimum absolute atomic E-state index is 0.000731. The smallest absolute Gasteiger partial charge is 0.306 e. The first-order valence-corrected chi connectivity index (χ1v) is 12.4. The zero-order valence-electron chi connectivity index (χ0n) is 18.6. The Labute approximate surface area is 194 Å². The lowest BCUT2D eigenvalue weighted by atomic mass is 9.96. The SMILES string of the molecule is Cc1ccc(S(=O)(=O)c2nnn3c2[nH]c(=O)c2ccc(N4CCC(C(=O)O)CC4)cc23)c(C)c1. The van der Waals surface area contributed by atoms with E-state index in [0.29, 0.717) is 42.4 Å². The first kappa shape index (κ1) is 22.1. The highest BCUT2D eigenvalue weighted by atomic mass is 32.2. The number of sulfone groups is 1. The van der Waals surface area contributed by atoms with Crippen molar-refractivity contribution in [3.05, 3.63) is 57.9 Å². The summed E-state index contributed by atoms with van der Waals surface area (Å²) >= 11 is 0. The van der Waals surface area contributed by atoms with Crippen LogP contribution in [0.15, 0.2) is 51.1 Å². The lowest BCUT2D eigenvalue weighted by Gasteiger charge is -2.32. The normalized spacial score (nSPS) is 15.3. The summed E-state index contributed by atoms with van der Waals surface area (Å²) in [5.41, 5.74) is 2.29. The summed E-state index contributed by atoms with van der Waals surface area (Å²) in [6.45, 7) is 4.73. The second kappa shape index (κ2) is 7.94. The molecule has 10 nitrogen and oxygen atoms in total. The van der Waals surface area contributed by atoms with Crippen LogP contribution in [0.1, 0.15) is 24.0 Å². The van der Waals surface area contributed by atoms with E-state index in [4.69, 9.17) is 0 Å². The van der Waals surface area contributed by atoms with Crippen LogP contribution in [0.2, 0.25) is 0 Å². The molecule has 0 spiro atoms. The van der Waals surface area contributed by atoms with Gasteiger partial charge in [-0.05, 0) is 56.5 Å². The number of carboxylic acid groups (broad SMARTS) is 1. The van der Waals surface area contributed by atoms with Crippen LogP contribution >= 0.6 is 0 Å². The van der Waals surface area contributed by atoms with Crippen molar-refractivity contribution in [3.8, 4) is 0 Å². The Hall–Kier alpha value is -3.73. The molecule has 0 saturated carbocycles. The number of hydrogen-bond acceptors (Lipinski definition) is 7. The molecular weight excluding hydrogens is 458 g/mol. The van der Waals surface area contributed by atoms with E-state index in [1.807, 2.05) is 6.92 Å². The van der Waals surface area contributed by atoms with E-state index in [1.54, 1.807) is 37.3 Å². The Morgan fingerprint density at radius 1 is 1.12 bits per heavy atom. The molecule has 5 rings (SSSR count). The molecule has 2 N–H and O–H groups in total. The Morgan fingerprint density at radius 2 is 1.85 bits per heavy atom. The molecule has 34 heavy (non-hydrogen) atoms. The largest absolute Gasteiger partial charge is 0.481 e. The van der Waals surface area contributed by atoms with Gasteiger partial charge >= 0.3 is 5.97 Å². The van der Waals surface area contributed by atoms with E-state index in [0.717, 1.165) is 11.3 Å². The molecule has 0 amide bonds. The van der Waals surface area contributed by atoms with Gasteiger partial charge in [-0.1, -0.05) is 22.9 Å². The van der Waals surface area contributed by atoms with Crippen molar-refractivity contribution in [2.75, 3.05) is 18.0 Å². The zero-order valence-corrected chi connectivity index (χ0v) is 19.5. The molecule has 0 bridgehead atoms. The number of piperidine rings is 1. The minimum Gasteiger partial charge on any atom is -0.481 e. The molecule has 3 heterocycles. The molecule has 4 aromatic rings. The average molecular weight is 482 g/mol. The van der Waals surface area contributed by atoms with Crippen molar-refractivity contribution in [3.63, 3.8) is 0 Å². The van der Waals surface area contributed by atoms with Crippen molar-refractivity contribution in [1.29, 1.82) is 0 Å². The van der Waals surface area contributed by atoms with Gasteiger partial charge in [-0.3, -0.25) is 9.59 Å². The highest BCUT2D eigenvalue weighted by Crippen LogP contribution is 2.29. The van der Waals surface area contributed by atoms with Crippen LogP contribution in [0.4, 0.5) is 5.69 Å². The Morgan fingerprint density at radius 3 is 2.53 bits per heavy atom. The average Bonchev–Trinajstić information content (AvgIpc) is 3.23. The third-order valence-corrected chi connectivity index (χ3v) is 8.23. The van der Waals surface area contributed by atoms with Gasteiger partial charge in [-0.2, -0.15) is 4.52 Å². The molecule has 2 aromatic carbocycles. The fraction of sp³-hybridized carbons (Fsp3) is 0.304. The highest BCUT2D eigenvalue weighted by Gasteiger charge is 2.28. The van der Waals surface area contributed by atoms with Crippen molar-refractivity contribution in [1.82, 2.24) is 19.8 Å². The second-order valence-electron chi connectivity index (χ2n) is 8.68. The number of nitrogens with zero attached hydrogens (tertiary/aromatic N) is 4. The van der Waals surface area contributed by atoms with Gasteiger partial charge in [0.2, 0.25) is 14.9 Å². The number of anilines is 1. The van der Waals surface area contributed by atoms with Gasteiger partial charge in [0.05, 0.1) is 21.7 Å². The standard InChI is InChI=1S/C23H23N5O5S/c1-13-3-6-19(14(2)11-13)34(32,33)22-20-24-21(29)17-5-4-16(12-18(17)28(20)26-25-22)27-9-7-15(8-10-27)23(30)31/h3-6,11-12,15H,7-10H2,1-2H3,(H,24,29)(H,30,31). The Balaban J connectivity index is 1.62. The third kappa shape index (κ3) is 3.52. The maximum atomic E-state index is 13.4.